The molecule has 0 radical (unpaired) electrons. The van der Waals surface area contributed by atoms with E-state index in [-0.39, 0.29) is 5.69 Å². The molecular weight excluding hydrogens is 212 g/mol. The van der Waals surface area contributed by atoms with E-state index in [1.54, 1.807) is 0 Å². The highest BCUT2D eigenvalue weighted by Crippen LogP contribution is 2.35. The van der Waals surface area contributed by atoms with Crippen molar-refractivity contribution in [3.63, 3.8) is 0 Å². The zero-order valence-corrected chi connectivity index (χ0v) is 8.05. The third kappa shape index (κ3) is 2.04. The number of nitrogens with two attached hydrogens (primary N) is 1. The molecule has 1 atom stereocenters. The average Bonchev–Trinajstić information content (AvgIpc) is 2.16. The molecule has 2 N–H and O–H groups in total. The number of anilines is 1. The van der Waals surface area contributed by atoms with Crippen molar-refractivity contribution in [2.75, 3.05) is 19.6 Å². The van der Waals surface area contributed by atoms with Crippen LogP contribution in [-0.2, 0) is 0 Å². The van der Waals surface area contributed by atoms with Crippen molar-refractivity contribution in [3.8, 4) is 0 Å². The molecule has 6 heteroatoms. The third-order valence-electron chi connectivity index (χ3n) is 2.26. The van der Waals surface area contributed by atoms with Gasteiger partial charge in [0.1, 0.15) is 5.69 Å². The Kier molecular flexibility index (Phi) is 2.90. The summed E-state index contributed by atoms with van der Waals surface area (Å²) >= 11 is 0. The van der Waals surface area contributed by atoms with Gasteiger partial charge in [0.2, 0.25) is 6.80 Å². The molecule has 0 bridgehead atoms. The summed E-state index contributed by atoms with van der Waals surface area (Å²) in [6.45, 7) is -1.55. The number of hydrogen-bond donors (Lipinski definition) is 1. The fourth-order valence-corrected chi connectivity index (χ4v) is 1.09. The number of quaternary nitrogens is 1. The maximum atomic E-state index is 12.6. The largest absolute Gasteiger partial charge is 0.567 e. The van der Waals surface area contributed by atoms with E-state index in [4.69, 9.17) is 5.73 Å². The maximum absolute atomic E-state index is 12.6. The van der Waals surface area contributed by atoms with Crippen molar-refractivity contribution >= 4 is 11.4 Å². The van der Waals surface area contributed by atoms with Crippen molar-refractivity contribution in [2.45, 2.75) is 6.30 Å². The van der Waals surface area contributed by atoms with E-state index in [0.29, 0.717) is 5.69 Å². The van der Waals surface area contributed by atoms with Gasteiger partial charge in [-0.2, -0.15) is 8.87 Å². The van der Waals surface area contributed by atoms with E-state index in [2.05, 4.69) is 0 Å². The number of alkyl halides is 4. The highest BCUT2D eigenvalue weighted by Gasteiger charge is 2.53. The van der Waals surface area contributed by atoms with Crippen molar-refractivity contribution in [2.24, 2.45) is 0 Å². The van der Waals surface area contributed by atoms with Crippen LogP contribution >= 0.6 is 0 Å². The number of hydrogen-bond acceptors (Lipinski definition) is 1. The first-order valence-electron chi connectivity index (χ1n) is 4.15. The van der Waals surface area contributed by atoms with Crippen LogP contribution in [0.1, 0.15) is 0 Å². The van der Waals surface area contributed by atoms with Gasteiger partial charge in [-0.15, -0.1) is 13.2 Å². The molecule has 0 saturated carbocycles. The summed E-state index contributed by atoms with van der Waals surface area (Å²) < 4.78 is 48.6. The van der Waals surface area contributed by atoms with Gasteiger partial charge in [-0.05, 0) is 12.1 Å². The highest BCUT2D eigenvalue weighted by molar-refractivity contribution is 5.50. The third-order valence-corrected chi connectivity index (χ3v) is 2.26. The molecule has 0 aliphatic carbocycles. The zero-order chi connectivity index (χ0) is 11.7. The molecule has 1 rings (SSSR count). The van der Waals surface area contributed by atoms with Crippen LogP contribution in [0.5, 0.6) is 0 Å². The molecule has 1 aromatic rings. The summed E-state index contributed by atoms with van der Waals surface area (Å²) in [6, 6.07) is 4.96. The lowest BCUT2D eigenvalue weighted by Gasteiger charge is -2.31. The molecule has 0 aromatic heterocycles. The monoisotopic (exact) mass is 223 g/mol. The Morgan fingerprint density at radius 3 is 2.00 bits per heavy atom. The van der Waals surface area contributed by atoms with Crippen LogP contribution in [0.4, 0.5) is 28.9 Å². The van der Waals surface area contributed by atoms with Crippen LogP contribution < -0.4 is 10.2 Å². The predicted octanol–water partition coefficient (Wildman–Crippen LogP) is 2.65. The van der Waals surface area contributed by atoms with Crippen molar-refractivity contribution in [1.29, 1.82) is 0 Å². The van der Waals surface area contributed by atoms with E-state index < -0.39 is 17.6 Å². The minimum Gasteiger partial charge on any atom is -0.399 e. The second-order valence-electron chi connectivity index (χ2n) is 3.37. The number of nitrogens with zero attached hydrogens (tertiary/aromatic N) is 1. The normalized spacial score (nSPS) is 16.1. The number of nitrogen functional groups attached to an aromatic ring is 1. The molecule has 15 heavy (non-hydrogen) atoms. The lowest BCUT2D eigenvalue weighted by Crippen LogP contribution is -2.55. The molecule has 2 nitrogen and oxygen atoms in total. The van der Waals surface area contributed by atoms with Crippen molar-refractivity contribution < 1.29 is 17.6 Å². The highest BCUT2D eigenvalue weighted by atomic mass is 19.4. The Morgan fingerprint density at radius 1 is 1.20 bits per heavy atom. The van der Waals surface area contributed by atoms with Gasteiger partial charge in [-0.1, -0.05) is 0 Å². The Bertz CT molecular complexity index is 333. The summed E-state index contributed by atoms with van der Waals surface area (Å²) in [5.74, 6) is 0. The minimum absolute atomic E-state index is 0.181. The Morgan fingerprint density at radius 2 is 1.67 bits per heavy atom. The molecule has 0 heterocycles. The lowest BCUT2D eigenvalue weighted by molar-refractivity contribution is -0.238. The van der Waals surface area contributed by atoms with Gasteiger partial charge in [0.15, 0.2) is 0 Å². The summed E-state index contributed by atoms with van der Waals surface area (Å²) in [5.41, 5.74) is 5.50. The van der Waals surface area contributed by atoms with Crippen LogP contribution in [0.2, 0.25) is 0 Å². The Labute approximate surface area is 84.5 Å². The van der Waals surface area contributed by atoms with Gasteiger partial charge >= 0.3 is 6.30 Å². The average molecular weight is 223 g/mol. The van der Waals surface area contributed by atoms with Crippen LogP contribution in [0.3, 0.4) is 0 Å². The second kappa shape index (κ2) is 3.69. The second-order valence-corrected chi connectivity index (χ2v) is 3.37. The molecule has 0 saturated heterocycles. The minimum atomic E-state index is -4.68. The van der Waals surface area contributed by atoms with Crippen molar-refractivity contribution in [3.05, 3.63) is 24.3 Å². The van der Waals surface area contributed by atoms with Crippen LogP contribution in [0.15, 0.2) is 24.3 Å². The first-order valence-corrected chi connectivity index (χ1v) is 4.15. The van der Waals surface area contributed by atoms with Crippen LogP contribution in [0.25, 0.3) is 0 Å². The van der Waals surface area contributed by atoms with Crippen LogP contribution in [-0.4, -0.2) is 20.1 Å². The maximum Gasteiger partial charge on any atom is 0.567 e. The number of halogens is 4. The molecule has 84 valence electrons. The molecule has 0 aliphatic rings. The number of benzene rings is 1. The van der Waals surface area contributed by atoms with Gasteiger partial charge in [-0.3, -0.25) is 0 Å². The van der Waals surface area contributed by atoms with E-state index >= 15 is 0 Å². The summed E-state index contributed by atoms with van der Waals surface area (Å²) in [7, 11) is 0.769. The molecule has 1 unspecified atom stereocenters. The Hall–Kier alpha value is -1.30. The van der Waals surface area contributed by atoms with E-state index in [1.807, 2.05) is 0 Å². The smallest absolute Gasteiger partial charge is 0.399 e. The van der Waals surface area contributed by atoms with Gasteiger partial charge in [0.05, 0.1) is 7.05 Å². The first kappa shape index (κ1) is 11.8. The standard InChI is InChI=1S/C9H11F4N2/c1-15(6-10,9(11,12)13)8-4-2-7(14)3-5-8/h2-5H,6,14H2,1H3/q+1. The number of rotatable bonds is 2. The van der Waals surface area contributed by atoms with Gasteiger partial charge in [0, 0.05) is 17.8 Å². The molecule has 1 aromatic carbocycles. The van der Waals surface area contributed by atoms with Gasteiger partial charge < -0.3 is 5.73 Å². The summed E-state index contributed by atoms with van der Waals surface area (Å²) in [5, 5.41) is 0. The topological polar surface area (TPSA) is 26.0 Å². The van der Waals surface area contributed by atoms with Gasteiger partial charge in [-0.25, -0.2) is 0 Å². The molecule has 0 aliphatic heterocycles. The van der Waals surface area contributed by atoms with Gasteiger partial charge in [0.25, 0.3) is 0 Å². The Balaban J connectivity index is 3.18. The fourth-order valence-electron chi connectivity index (χ4n) is 1.09. The SMILES string of the molecule is C[N+](CF)(c1ccc(N)cc1)C(F)(F)F. The molecule has 0 fully saturated rings. The molecule has 0 spiro atoms. The fraction of sp³-hybridized carbons (Fsp3) is 0.333. The molecular formula is C9H11F4N2+. The quantitative estimate of drug-likeness (QED) is 0.354. The predicted molar refractivity (Wildman–Crippen MR) is 50.6 cm³/mol. The summed E-state index contributed by atoms with van der Waals surface area (Å²) in [4.78, 5) is 0. The van der Waals surface area contributed by atoms with Crippen molar-refractivity contribution in [1.82, 2.24) is 4.48 Å². The molecule has 0 amide bonds. The lowest BCUT2D eigenvalue weighted by atomic mass is 10.2. The first-order chi connectivity index (χ1) is 6.81. The van der Waals surface area contributed by atoms with E-state index in [1.165, 1.54) is 24.3 Å². The zero-order valence-electron chi connectivity index (χ0n) is 8.05. The van der Waals surface area contributed by atoms with E-state index in [9.17, 15) is 17.6 Å². The van der Waals surface area contributed by atoms with E-state index in [0.717, 1.165) is 7.05 Å². The van der Waals surface area contributed by atoms with Crippen LogP contribution in [0, 0.1) is 0 Å². The summed E-state index contributed by atoms with van der Waals surface area (Å²) in [6.07, 6.45) is -4.68.